The molecule has 0 aliphatic carbocycles. The summed E-state index contributed by atoms with van der Waals surface area (Å²) in [5.74, 6) is -3.25. The minimum absolute atomic E-state index is 0.217. The molecule has 1 aromatic rings. The van der Waals surface area contributed by atoms with Gasteiger partial charge in [0.25, 0.3) is 5.79 Å². The molecule has 0 amide bonds. The molecular weight excluding hydrogens is 272 g/mol. The Balaban J connectivity index is 1.99. The van der Waals surface area contributed by atoms with Gasteiger partial charge in [0.05, 0.1) is 0 Å². The smallest absolute Gasteiger partial charge is 0.352 e. The van der Waals surface area contributed by atoms with Crippen LogP contribution in [-0.4, -0.2) is 22.8 Å². The Hall–Kier alpha value is -2.30. The van der Waals surface area contributed by atoms with Crippen molar-refractivity contribution in [2.45, 2.75) is 38.9 Å². The van der Waals surface area contributed by atoms with Crippen molar-refractivity contribution in [3.05, 3.63) is 47.2 Å². The molecule has 0 aromatic heterocycles. The minimum atomic E-state index is -1.29. The summed E-state index contributed by atoms with van der Waals surface area (Å²) < 4.78 is 9.89. The van der Waals surface area contributed by atoms with Crippen LogP contribution in [0.4, 0.5) is 0 Å². The van der Waals surface area contributed by atoms with E-state index < -0.39 is 23.3 Å². The third kappa shape index (κ3) is 3.84. The summed E-state index contributed by atoms with van der Waals surface area (Å²) in [6.07, 6.45) is 1.58. The number of esters is 2. The molecule has 0 saturated carbocycles. The van der Waals surface area contributed by atoms with E-state index in [1.165, 1.54) is 13.8 Å². The van der Waals surface area contributed by atoms with Crippen LogP contribution in [0.5, 0.6) is 0 Å². The Bertz CT molecular complexity index is 550. The highest BCUT2D eigenvalue weighted by Crippen LogP contribution is 2.25. The van der Waals surface area contributed by atoms with E-state index in [1.807, 2.05) is 30.3 Å². The Morgan fingerprint density at radius 3 is 2.24 bits per heavy atom. The molecule has 0 bridgehead atoms. The van der Waals surface area contributed by atoms with Crippen LogP contribution >= 0.6 is 0 Å². The number of carbonyl (C=O) groups excluding carboxylic acids is 2. The average molecular weight is 290 g/mol. The third-order valence-corrected chi connectivity index (χ3v) is 3.10. The van der Waals surface area contributed by atoms with Crippen LogP contribution < -0.4 is 0 Å². The Morgan fingerprint density at radius 2 is 1.67 bits per heavy atom. The van der Waals surface area contributed by atoms with Gasteiger partial charge in [0.2, 0.25) is 0 Å². The van der Waals surface area contributed by atoms with Crippen molar-refractivity contribution in [1.29, 1.82) is 0 Å². The van der Waals surface area contributed by atoms with Gasteiger partial charge < -0.3 is 14.6 Å². The van der Waals surface area contributed by atoms with Gasteiger partial charge >= 0.3 is 11.9 Å². The highest BCUT2D eigenvalue weighted by atomic mass is 16.7. The molecule has 1 saturated heterocycles. The normalized spacial score (nSPS) is 17.1. The summed E-state index contributed by atoms with van der Waals surface area (Å²) in [6, 6.07) is 9.77. The zero-order chi connectivity index (χ0) is 15.5. The number of hydrogen-bond acceptors (Lipinski definition) is 5. The molecule has 1 aliphatic heterocycles. The van der Waals surface area contributed by atoms with Crippen LogP contribution in [0.1, 0.15) is 32.3 Å². The molecule has 21 heavy (non-hydrogen) atoms. The number of aliphatic hydroxyl groups excluding tert-OH is 1. The van der Waals surface area contributed by atoms with E-state index in [4.69, 9.17) is 9.47 Å². The second kappa shape index (κ2) is 5.99. The fourth-order valence-electron chi connectivity index (χ4n) is 2.12. The monoisotopic (exact) mass is 290 g/mol. The number of carbonyl (C=O) groups is 2. The molecule has 5 nitrogen and oxygen atoms in total. The van der Waals surface area contributed by atoms with Gasteiger partial charge in [-0.15, -0.1) is 0 Å². The zero-order valence-corrected chi connectivity index (χ0v) is 12.1. The van der Waals surface area contributed by atoms with Crippen LogP contribution in [0.2, 0.25) is 0 Å². The molecule has 0 radical (unpaired) electrons. The van der Waals surface area contributed by atoms with Crippen molar-refractivity contribution in [1.82, 2.24) is 0 Å². The molecule has 0 spiro atoms. The first kappa shape index (κ1) is 15.1. The summed E-state index contributed by atoms with van der Waals surface area (Å²) >= 11 is 0. The predicted molar refractivity (Wildman–Crippen MR) is 75.3 cm³/mol. The Morgan fingerprint density at radius 1 is 1.10 bits per heavy atom. The van der Waals surface area contributed by atoms with Crippen LogP contribution in [0.15, 0.2) is 41.7 Å². The lowest BCUT2D eigenvalue weighted by atomic mass is 10.1. The van der Waals surface area contributed by atoms with E-state index in [0.717, 1.165) is 12.0 Å². The molecule has 1 aliphatic rings. The number of allylic oxidation sites excluding steroid dienone is 1. The number of aryl methyl sites for hydroxylation is 1. The van der Waals surface area contributed by atoms with Crippen molar-refractivity contribution >= 4 is 11.9 Å². The molecular formula is C16H18O5. The van der Waals surface area contributed by atoms with E-state index in [1.54, 1.807) is 0 Å². The predicted octanol–water partition coefficient (Wildman–Crippen LogP) is 2.66. The van der Waals surface area contributed by atoms with E-state index in [0.29, 0.717) is 6.42 Å². The quantitative estimate of drug-likeness (QED) is 0.399. The maximum atomic E-state index is 11.8. The summed E-state index contributed by atoms with van der Waals surface area (Å²) in [5.41, 5.74) is 0.729. The van der Waals surface area contributed by atoms with Gasteiger partial charge in [0.15, 0.2) is 5.57 Å². The standard InChI is InChI=1S/C16H18O5/c1-16(2)20-14(18)13(15(19)21-16)12(17)10-6-9-11-7-4-3-5-8-11/h3-5,7-8,17H,6,9-10H2,1-2H3. The van der Waals surface area contributed by atoms with Gasteiger partial charge in [-0.1, -0.05) is 30.3 Å². The topological polar surface area (TPSA) is 72.8 Å². The van der Waals surface area contributed by atoms with Crippen LogP contribution in [0.3, 0.4) is 0 Å². The summed E-state index contributed by atoms with van der Waals surface area (Å²) in [5, 5.41) is 9.94. The zero-order valence-electron chi connectivity index (χ0n) is 12.1. The lowest BCUT2D eigenvalue weighted by Gasteiger charge is -2.30. The molecule has 0 unspecified atom stereocenters. The largest absolute Gasteiger partial charge is 0.511 e. The first-order valence-electron chi connectivity index (χ1n) is 6.82. The first-order valence-corrected chi connectivity index (χ1v) is 6.82. The van der Waals surface area contributed by atoms with E-state index in [2.05, 4.69) is 0 Å². The number of hydrogen-bond donors (Lipinski definition) is 1. The molecule has 1 fully saturated rings. The number of aliphatic hydroxyl groups is 1. The maximum Gasteiger partial charge on any atom is 0.352 e. The van der Waals surface area contributed by atoms with Crippen LogP contribution in [0, 0.1) is 0 Å². The number of rotatable bonds is 4. The van der Waals surface area contributed by atoms with Gasteiger partial charge in [-0.05, 0) is 18.4 Å². The lowest BCUT2D eigenvalue weighted by molar-refractivity contribution is -0.222. The molecule has 5 heteroatoms. The molecule has 112 valence electrons. The van der Waals surface area contributed by atoms with Crippen molar-refractivity contribution in [2.24, 2.45) is 0 Å². The number of cyclic esters (lactones) is 2. The third-order valence-electron chi connectivity index (χ3n) is 3.10. The van der Waals surface area contributed by atoms with Gasteiger partial charge in [-0.25, -0.2) is 9.59 Å². The van der Waals surface area contributed by atoms with E-state index in [-0.39, 0.29) is 12.2 Å². The molecule has 1 aromatic carbocycles. The van der Waals surface area contributed by atoms with Gasteiger partial charge in [0, 0.05) is 20.3 Å². The first-order chi connectivity index (χ1) is 9.89. The Kier molecular flexibility index (Phi) is 4.31. The average Bonchev–Trinajstić information content (AvgIpc) is 2.37. The molecule has 1 N–H and O–H groups in total. The Labute approximate surface area is 123 Å². The number of benzene rings is 1. The molecule has 1 heterocycles. The molecule has 0 atom stereocenters. The van der Waals surface area contributed by atoms with Gasteiger partial charge in [0.1, 0.15) is 5.76 Å². The lowest BCUT2D eigenvalue weighted by Crippen LogP contribution is -2.42. The maximum absolute atomic E-state index is 11.8. The van der Waals surface area contributed by atoms with Gasteiger partial charge in [-0.3, -0.25) is 0 Å². The second-order valence-electron chi connectivity index (χ2n) is 5.34. The fraction of sp³-hybridized carbons (Fsp3) is 0.375. The second-order valence-corrected chi connectivity index (χ2v) is 5.34. The van der Waals surface area contributed by atoms with Gasteiger partial charge in [-0.2, -0.15) is 0 Å². The summed E-state index contributed by atoms with van der Waals surface area (Å²) in [4.78, 5) is 23.5. The number of ether oxygens (including phenoxy) is 2. The highest BCUT2D eigenvalue weighted by Gasteiger charge is 2.40. The van der Waals surface area contributed by atoms with Crippen molar-refractivity contribution < 1.29 is 24.2 Å². The van der Waals surface area contributed by atoms with Crippen LogP contribution in [0.25, 0.3) is 0 Å². The van der Waals surface area contributed by atoms with Crippen molar-refractivity contribution in [3.63, 3.8) is 0 Å². The van der Waals surface area contributed by atoms with Crippen molar-refractivity contribution in [2.75, 3.05) is 0 Å². The van der Waals surface area contributed by atoms with Crippen LogP contribution in [-0.2, 0) is 25.5 Å². The van der Waals surface area contributed by atoms with Crippen molar-refractivity contribution in [3.8, 4) is 0 Å². The fourth-order valence-corrected chi connectivity index (χ4v) is 2.12. The summed E-state index contributed by atoms with van der Waals surface area (Å²) in [7, 11) is 0. The van der Waals surface area contributed by atoms with E-state index in [9.17, 15) is 14.7 Å². The molecule has 2 rings (SSSR count). The SMILES string of the molecule is CC1(C)OC(=O)C(=C(O)CCCc2ccccc2)C(=O)O1. The minimum Gasteiger partial charge on any atom is -0.511 e. The summed E-state index contributed by atoms with van der Waals surface area (Å²) in [6.45, 7) is 2.93. The van der Waals surface area contributed by atoms with E-state index >= 15 is 0 Å². The highest BCUT2D eigenvalue weighted by molar-refractivity contribution is 6.15.